The van der Waals surface area contributed by atoms with E-state index in [0.717, 1.165) is 11.1 Å². The van der Waals surface area contributed by atoms with Gasteiger partial charge in [0.2, 0.25) is 0 Å². The van der Waals surface area contributed by atoms with Crippen LogP contribution in [-0.2, 0) is 30.4 Å². The number of aromatic nitrogens is 4. The monoisotopic (exact) mass is 589 g/mol. The predicted molar refractivity (Wildman–Crippen MR) is 158 cm³/mol. The van der Waals surface area contributed by atoms with Crippen LogP contribution in [0.2, 0.25) is 0 Å². The van der Waals surface area contributed by atoms with Gasteiger partial charge in [0, 0.05) is 62.9 Å². The number of carbonyl (C=O) groups excluding carboxylic acids is 1. The zero-order valence-electron chi connectivity index (χ0n) is 23.2. The number of aryl methyl sites for hydroxylation is 1. The Balaban J connectivity index is 1.27. The molecule has 0 bridgehead atoms. The molecule has 0 radical (unpaired) electrons. The number of hydrogen-bond acceptors (Lipinski definition) is 8. The van der Waals surface area contributed by atoms with E-state index >= 15 is 0 Å². The van der Waals surface area contributed by atoms with E-state index in [1.165, 1.54) is 34.7 Å². The summed E-state index contributed by atoms with van der Waals surface area (Å²) in [6, 6.07) is 16.0. The number of aliphatic hydroxyl groups is 1. The average Bonchev–Trinajstić information content (AvgIpc) is 2.98. The molecule has 1 N–H and O–H groups in total. The summed E-state index contributed by atoms with van der Waals surface area (Å²) in [5, 5.41) is 11.7. The van der Waals surface area contributed by atoms with Crippen molar-refractivity contribution in [2.45, 2.75) is 48.4 Å². The van der Waals surface area contributed by atoms with E-state index in [4.69, 9.17) is 0 Å². The van der Waals surface area contributed by atoms with Gasteiger partial charge in [-0.15, -0.1) is 0 Å². The van der Waals surface area contributed by atoms with E-state index in [1.54, 1.807) is 36.1 Å². The van der Waals surface area contributed by atoms with Crippen LogP contribution in [0.4, 0.5) is 4.39 Å². The first-order valence-corrected chi connectivity index (χ1v) is 14.7. The van der Waals surface area contributed by atoms with Crippen molar-refractivity contribution in [1.29, 1.82) is 0 Å². The molecule has 0 spiro atoms. The molecule has 1 saturated heterocycles. The van der Waals surface area contributed by atoms with Crippen LogP contribution >= 0.6 is 11.8 Å². The number of halogens is 1. The molecule has 218 valence electrons. The van der Waals surface area contributed by atoms with Gasteiger partial charge in [0.15, 0.2) is 11.4 Å². The third-order valence-corrected chi connectivity index (χ3v) is 8.67. The summed E-state index contributed by atoms with van der Waals surface area (Å²) in [7, 11) is 1.79. The van der Waals surface area contributed by atoms with E-state index in [-0.39, 0.29) is 12.2 Å². The van der Waals surface area contributed by atoms with Gasteiger partial charge in [-0.3, -0.25) is 19.1 Å². The van der Waals surface area contributed by atoms with Crippen molar-refractivity contribution in [3.63, 3.8) is 0 Å². The van der Waals surface area contributed by atoms with Crippen LogP contribution in [0.25, 0.3) is 0 Å². The number of carbonyl (C=O) groups is 1. The fourth-order valence-corrected chi connectivity index (χ4v) is 6.12. The van der Waals surface area contributed by atoms with Gasteiger partial charge < -0.3 is 9.67 Å². The zero-order valence-corrected chi connectivity index (χ0v) is 24.0. The normalized spacial score (nSPS) is 15.8. The van der Waals surface area contributed by atoms with Crippen molar-refractivity contribution in [3.05, 3.63) is 122 Å². The Kier molecular flexibility index (Phi) is 9.10. The summed E-state index contributed by atoms with van der Waals surface area (Å²) in [4.78, 5) is 47.9. The molecular formula is C31H32FN5O4S. The SMILES string of the molecule is Cn1cc(Cc2cnc(=O)n(C(C=O)N3CCC(O)(Cc4ccccc4)CC3)c2)c(=O)nc1SCc1ccc(F)cc1. The molecule has 2 aromatic carbocycles. The average molecular weight is 590 g/mol. The van der Waals surface area contributed by atoms with Crippen LogP contribution < -0.4 is 11.2 Å². The molecule has 11 heteroatoms. The number of rotatable bonds is 10. The van der Waals surface area contributed by atoms with Crippen LogP contribution in [0, 0.1) is 5.82 Å². The Morgan fingerprint density at radius 3 is 2.43 bits per heavy atom. The number of benzene rings is 2. The number of nitrogens with zero attached hydrogens (tertiary/aromatic N) is 5. The lowest BCUT2D eigenvalue weighted by Gasteiger charge is -2.40. The molecule has 5 rings (SSSR count). The van der Waals surface area contributed by atoms with E-state index in [0.29, 0.717) is 60.7 Å². The van der Waals surface area contributed by atoms with Gasteiger partial charge in [0.1, 0.15) is 12.0 Å². The first kappa shape index (κ1) is 29.6. The Bertz CT molecular complexity index is 1650. The van der Waals surface area contributed by atoms with E-state index in [9.17, 15) is 23.9 Å². The molecule has 4 aromatic rings. The summed E-state index contributed by atoms with van der Waals surface area (Å²) in [6.07, 6.45) is 6.13. The number of aldehydes is 1. The highest BCUT2D eigenvalue weighted by Crippen LogP contribution is 2.29. The third kappa shape index (κ3) is 7.10. The van der Waals surface area contributed by atoms with Crippen molar-refractivity contribution in [2.24, 2.45) is 7.05 Å². The van der Waals surface area contributed by atoms with Gasteiger partial charge in [-0.05, 0) is 41.7 Å². The van der Waals surface area contributed by atoms with Gasteiger partial charge in [-0.25, -0.2) is 14.2 Å². The van der Waals surface area contributed by atoms with Crippen LogP contribution in [0.5, 0.6) is 0 Å². The van der Waals surface area contributed by atoms with E-state index < -0.39 is 23.0 Å². The maximum atomic E-state index is 13.2. The zero-order chi connectivity index (χ0) is 29.7. The van der Waals surface area contributed by atoms with Crippen molar-refractivity contribution < 1.29 is 14.3 Å². The summed E-state index contributed by atoms with van der Waals surface area (Å²) < 4.78 is 16.2. The van der Waals surface area contributed by atoms with Crippen molar-refractivity contribution in [2.75, 3.05) is 13.1 Å². The van der Waals surface area contributed by atoms with Crippen LogP contribution in [0.1, 0.15) is 41.3 Å². The molecule has 42 heavy (non-hydrogen) atoms. The number of likely N-dealkylation sites (tertiary alicyclic amines) is 1. The lowest BCUT2D eigenvalue weighted by Crippen LogP contribution is -2.49. The molecule has 1 aliphatic rings. The first-order valence-electron chi connectivity index (χ1n) is 13.7. The fourth-order valence-electron chi connectivity index (χ4n) is 5.22. The standard InChI is InChI=1S/C31H32FN5O4S/c1-35-19-25(28(39)34-30(35)42-21-23-7-9-26(32)10-8-23)15-24-17-33-29(40)37(18-24)27(20-38)36-13-11-31(41,12-14-36)16-22-5-3-2-4-6-22/h2-10,17-20,27,41H,11-16,21H2,1H3. The lowest BCUT2D eigenvalue weighted by molar-refractivity contribution is -0.118. The molecule has 0 aliphatic carbocycles. The minimum absolute atomic E-state index is 0.179. The quantitative estimate of drug-likeness (QED) is 0.171. The van der Waals surface area contributed by atoms with Crippen LogP contribution in [0.3, 0.4) is 0 Å². The first-order chi connectivity index (χ1) is 20.2. The van der Waals surface area contributed by atoms with Crippen LogP contribution in [0.15, 0.2) is 87.9 Å². The summed E-state index contributed by atoms with van der Waals surface area (Å²) in [5.74, 6) is 0.225. The minimum Gasteiger partial charge on any atom is -0.389 e. The fraction of sp³-hybridized carbons (Fsp3) is 0.323. The van der Waals surface area contributed by atoms with Gasteiger partial charge in [-0.2, -0.15) is 4.98 Å². The number of thioether (sulfide) groups is 1. The van der Waals surface area contributed by atoms with Crippen LogP contribution in [-0.4, -0.2) is 54.1 Å². The van der Waals surface area contributed by atoms with Crippen molar-refractivity contribution in [1.82, 2.24) is 24.0 Å². The minimum atomic E-state index is -0.882. The molecule has 3 heterocycles. The topological polar surface area (TPSA) is 110 Å². The molecule has 1 aliphatic heterocycles. The molecule has 9 nitrogen and oxygen atoms in total. The molecule has 1 unspecified atom stereocenters. The smallest absolute Gasteiger partial charge is 0.349 e. The van der Waals surface area contributed by atoms with Gasteiger partial charge >= 0.3 is 5.69 Å². The third-order valence-electron chi connectivity index (χ3n) is 7.55. The number of piperidine rings is 1. The molecular weight excluding hydrogens is 557 g/mol. The second-order valence-electron chi connectivity index (χ2n) is 10.7. The summed E-state index contributed by atoms with van der Waals surface area (Å²) >= 11 is 1.37. The Morgan fingerprint density at radius 1 is 1.02 bits per heavy atom. The van der Waals surface area contributed by atoms with Gasteiger partial charge in [0.25, 0.3) is 5.56 Å². The Hall–Kier alpha value is -3.93. The van der Waals surface area contributed by atoms with Gasteiger partial charge in [0.05, 0.1) is 5.60 Å². The maximum Gasteiger partial charge on any atom is 0.349 e. The second kappa shape index (κ2) is 12.9. The van der Waals surface area contributed by atoms with Crippen molar-refractivity contribution >= 4 is 18.0 Å². The summed E-state index contributed by atoms with van der Waals surface area (Å²) in [6.45, 7) is 0.871. The molecule has 1 fully saturated rings. The second-order valence-corrected chi connectivity index (χ2v) is 11.6. The van der Waals surface area contributed by atoms with Gasteiger partial charge in [-0.1, -0.05) is 54.2 Å². The highest BCUT2D eigenvalue weighted by atomic mass is 32.2. The molecule has 0 amide bonds. The molecule has 2 aromatic heterocycles. The van der Waals surface area contributed by atoms with Crippen molar-refractivity contribution in [3.8, 4) is 0 Å². The number of hydrogen-bond donors (Lipinski definition) is 1. The summed E-state index contributed by atoms with van der Waals surface area (Å²) in [5.41, 5.74) is 1.12. The Morgan fingerprint density at radius 2 is 1.74 bits per heavy atom. The maximum absolute atomic E-state index is 13.2. The molecule has 0 saturated carbocycles. The lowest BCUT2D eigenvalue weighted by atomic mass is 9.85. The van der Waals surface area contributed by atoms with E-state index in [1.807, 2.05) is 35.2 Å². The van der Waals surface area contributed by atoms with E-state index in [2.05, 4.69) is 9.97 Å². The highest BCUT2D eigenvalue weighted by Gasteiger charge is 2.35. The largest absolute Gasteiger partial charge is 0.389 e. The predicted octanol–water partition coefficient (Wildman–Crippen LogP) is 3.13. The highest BCUT2D eigenvalue weighted by molar-refractivity contribution is 7.98. The Labute approximate surface area is 246 Å². The molecule has 1 atom stereocenters.